The number of rotatable bonds is 7. The van der Waals surface area contributed by atoms with Crippen LogP contribution in [-0.4, -0.2) is 39.0 Å². The number of aromatic nitrogens is 2. The SMILES string of the molecule is COc1ccc(CCNS(=O)(=O)c2cn(C)nc2C(C)(C)C)cc1OC. The smallest absolute Gasteiger partial charge is 0.244 e. The highest BCUT2D eigenvalue weighted by Gasteiger charge is 2.29. The summed E-state index contributed by atoms with van der Waals surface area (Å²) in [7, 11) is 1.22. The van der Waals surface area contributed by atoms with Gasteiger partial charge in [-0.1, -0.05) is 26.8 Å². The van der Waals surface area contributed by atoms with Crippen molar-refractivity contribution in [1.82, 2.24) is 14.5 Å². The molecule has 0 aliphatic carbocycles. The Morgan fingerprint density at radius 3 is 2.38 bits per heavy atom. The topological polar surface area (TPSA) is 82.5 Å². The van der Waals surface area contributed by atoms with Gasteiger partial charge in [0.2, 0.25) is 10.0 Å². The van der Waals surface area contributed by atoms with Crippen molar-refractivity contribution in [2.75, 3.05) is 20.8 Å². The Morgan fingerprint density at radius 1 is 1.15 bits per heavy atom. The standard InChI is InChI=1S/C18H27N3O4S/c1-18(2,3)17-16(12-21(4)20-17)26(22,23)19-10-9-13-7-8-14(24-5)15(11-13)25-6/h7-8,11-12,19H,9-10H2,1-6H3. The average molecular weight is 381 g/mol. The molecule has 1 aromatic carbocycles. The fourth-order valence-corrected chi connectivity index (χ4v) is 4.05. The lowest BCUT2D eigenvalue weighted by atomic mass is 9.92. The summed E-state index contributed by atoms with van der Waals surface area (Å²) in [5.41, 5.74) is 1.14. The van der Waals surface area contributed by atoms with Crippen LogP contribution in [0.15, 0.2) is 29.3 Å². The van der Waals surface area contributed by atoms with E-state index in [1.807, 2.05) is 39.0 Å². The molecule has 0 saturated carbocycles. The van der Waals surface area contributed by atoms with Crippen LogP contribution in [0.1, 0.15) is 32.0 Å². The summed E-state index contributed by atoms with van der Waals surface area (Å²) in [6.45, 7) is 6.10. The molecule has 0 aliphatic rings. The Labute approximate surface area is 155 Å². The quantitative estimate of drug-likeness (QED) is 0.795. The molecule has 0 radical (unpaired) electrons. The molecule has 0 unspecified atom stereocenters. The molecule has 8 heteroatoms. The normalized spacial score (nSPS) is 12.2. The molecule has 0 aliphatic heterocycles. The van der Waals surface area contributed by atoms with Gasteiger partial charge in [0.05, 0.1) is 19.9 Å². The molecule has 0 bridgehead atoms. The van der Waals surface area contributed by atoms with E-state index in [4.69, 9.17) is 9.47 Å². The van der Waals surface area contributed by atoms with Crippen molar-refractivity contribution in [1.29, 1.82) is 0 Å². The van der Waals surface area contributed by atoms with Gasteiger partial charge in [-0.05, 0) is 24.1 Å². The minimum atomic E-state index is -3.64. The Morgan fingerprint density at radius 2 is 1.81 bits per heavy atom. The fraction of sp³-hybridized carbons (Fsp3) is 0.500. The molecule has 0 spiro atoms. The molecular formula is C18H27N3O4S. The van der Waals surface area contributed by atoms with Gasteiger partial charge in [0.1, 0.15) is 4.90 Å². The van der Waals surface area contributed by atoms with Gasteiger partial charge in [0, 0.05) is 25.2 Å². The zero-order chi connectivity index (χ0) is 19.5. The highest BCUT2D eigenvalue weighted by molar-refractivity contribution is 7.89. The highest BCUT2D eigenvalue weighted by atomic mass is 32.2. The molecule has 1 N–H and O–H groups in total. The minimum absolute atomic E-state index is 0.222. The third-order valence-electron chi connectivity index (χ3n) is 3.95. The highest BCUT2D eigenvalue weighted by Crippen LogP contribution is 2.28. The molecule has 26 heavy (non-hydrogen) atoms. The number of hydrogen-bond acceptors (Lipinski definition) is 5. The van der Waals surface area contributed by atoms with Crippen LogP contribution in [-0.2, 0) is 28.9 Å². The molecule has 0 fully saturated rings. The van der Waals surface area contributed by atoms with E-state index in [0.29, 0.717) is 23.6 Å². The van der Waals surface area contributed by atoms with Crippen molar-refractivity contribution in [3.05, 3.63) is 35.7 Å². The van der Waals surface area contributed by atoms with Gasteiger partial charge >= 0.3 is 0 Å². The number of ether oxygens (including phenoxy) is 2. The number of aryl methyl sites for hydroxylation is 1. The molecule has 0 amide bonds. The van der Waals surface area contributed by atoms with Crippen molar-refractivity contribution in [3.8, 4) is 11.5 Å². The van der Waals surface area contributed by atoms with Crippen LogP contribution in [0.25, 0.3) is 0 Å². The Bertz CT molecular complexity index is 867. The maximum atomic E-state index is 12.7. The average Bonchev–Trinajstić information content (AvgIpc) is 2.97. The molecule has 1 heterocycles. The molecule has 2 rings (SSSR count). The van der Waals surface area contributed by atoms with E-state index >= 15 is 0 Å². The monoisotopic (exact) mass is 381 g/mol. The van der Waals surface area contributed by atoms with Crippen molar-refractivity contribution >= 4 is 10.0 Å². The summed E-state index contributed by atoms with van der Waals surface area (Å²) in [6, 6.07) is 5.54. The first kappa shape index (κ1) is 20.3. The summed E-state index contributed by atoms with van der Waals surface area (Å²) >= 11 is 0. The van der Waals surface area contributed by atoms with Crippen molar-refractivity contribution < 1.29 is 17.9 Å². The number of benzene rings is 1. The van der Waals surface area contributed by atoms with Crippen LogP contribution < -0.4 is 14.2 Å². The Balaban J connectivity index is 2.13. The predicted molar refractivity (Wildman–Crippen MR) is 100 cm³/mol. The lowest BCUT2D eigenvalue weighted by molar-refractivity contribution is 0.354. The third kappa shape index (κ3) is 4.56. The van der Waals surface area contributed by atoms with Crippen molar-refractivity contribution in [2.45, 2.75) is 37.5 Å². The van der Waals surface area contributed by atoms with E-state index < -0.39 is 10.0 Å². The van der Waals surface area contributed by atoms with E-state index in [0.717, 1.165) is 5.56 Å². The molecule has 7 nitrogen and oxygen atoms in total. The van der Waals surface area contributed by atoms with Crippen molar-refractivity contribution in [2.24, 2.45) is 7.05 Å². The first-order chi connectivity index (χ1) is 12.1. The summed E-state index contributed by atoms with van der Waals surface area (Å²) in [4.78, 5) is 0.222. The summed E-state index contributed by atoms with van der Waals surface area (Å²) in [5.74, 6) is 1.26. The molecular weight excluding hydrogens is 354 g/mol. The van der Waals surface area contributed by atoms with Crippen LogP contribution in [0, 0.1) is 0 Å². The second-order valence-corrected chi connectivity index (χ2v) is 8.84. The number of methoxy groups -OCH3 is 2. The van der Waals surface area contributed by atoms with Gasteiger partial charge in [-0.15, -0.1) is 0 Å². The number of hydrogen-bond donors (Lipinski definition) is 1. The van der Waals surface area contributed by atoms with E-state index in [2.05, 4.69) is 9.82 Å². The van der Waals surface area contributed by atoms with Crippen LogP contribution in [0.4, 0.5) is 0 Å². The van der Waals surface area contributed by atoms with Gasteiger partial charge in [0.15, 0.2) is 11.5 Å². The van der Waals surface area contributed by atoms with E-state index in [1.165, 1.54) is 4.68 Å². The molecule has 1 aromatic heterocycles. The van der Waals surface area contributed by atoms with Gasteiger partial charge in [0.25, 0.3) is 0 Å². The second-order valence-electron chi connectivity index (χ2n) is 7.10. The third-order valence-corrected chi connectivity index (χ3v) is 5.41. The van der Waals surface area contributed by atoms with Crippen LogP contribution in [0.5, 0.6) is 11.5 Å². The van der Waals surface area contributed by atoms with Crippen LogP contribution in [0.3, 0.4) is 0 Å². The summed E-state index contributed by atoms with van der Waals surface area (Å²) in [5, 5.41) is 4.32. The molecule has 144 valence electrons. The molecule has 0 atom stereocenters. The van der Waals surface area contributed by atoms with Crippen LogP contribution in [0.2, 0.25) is 0 Å². The van der Waals surface area contributed by atoms with E-state index in [1.54, 1.807) is 27.5 Å². The maximum absolute atomic E-state index is 12.7. The first-order valence-corrected chi connectivity index (χ1v) is 9.81. The number of nitrogens with zero attached hydrogens (tertiary/aromatic N) is 2. The Hall–Kier alpha value is -2.06. The predicted octanol–water partition coefficient (Wildman–Crippen LogP) is 2.26. The van der Waals surface area contributed by atoms with Gasteiger partial charge in [-0.3, -0.25) is 4.68 Å². The molecule has 2 aromatic rings. The van der Waals surface area contributed by atoms with E-state index in [9.17, 15) is 8.42 Å². The van der Waals surface area contributed by atoms with E-state index in [-0.39, 0.29) is 16.9 Å². The first-order valence-electron chi connectivity index (χ1n) is 8.33. The number of sulfonamides is 1. The number of nitrogens with one attached hydrogen (secondary N) is 1. The van der Waals surface area contributed by atoms with Gasteiger partial charge in [-0.2, -0.15) is 5.10 Å². The van der Waals surface area contributed by atoms with Crippen molar-refractivity contribution in [3.63, 3.8) is 0 Å². The lowest BCUT2D eigenvalue weighted by Gasteiger charge is -2.17. The lowest BCUT2D eigenvalue weighted by Crippen LogP contribution is -2.28. The fourth-order valence-electron chi connectivity index (χ4n) is 2.63. The largest absolute Gasteiger partial charge is 0.493 e. The van der Waals surface area contributed by atoms with Gasteiger partial charge in [-0.25, -0.2) is 13.1 Å². The minimum Gasteiger partial charge on any atom is -0.493 e. The van der Waals surface area contributed by atoms with Crippen LogP contribution >= 0.6 is 0 Å². The zero-order valence-electron chi connectivity index (χ0n) is 16.2. The van der Waals surface area contributed by atoms with Gasteiger partial charge < -0.3 is 9.47 Å². The zero-order valence-corrected chi connectivity index (χ0v) is 17.0. The summed E-state index contributed by atoms with van der Waals surface area (Å²) in [6.07, 6.45) is 2.07. The Kier molecular flexibility index (Phi) is 5.98. The summed E-state index contributed by atoms with van der Waals surface area (Å²) < 4.78 is 40.1. The maximum Gasteiger partial charge on any atom is 0.244 e. The molecule has 0 saturated heterocycles. The second kappa shape index (κ2) is 7.67.